The van der Waals surface area contributed by atoms with Crippen molar-refractivity contribution in [2.75, 3.05) is 20.1 Å². The quantitative estimate of drug-likeness (QED) is 0.757. The summed E-state index contributed by atoms with van der Waals surface area (Å²) < 4.78 is 0. The summed E-state index contributed by atoms with van der Waals surface area (Å²) in [5.41, 5.74) is 0.926. The van der Waals surface area contributed by atoms with Gasteiger partial charge in [-0.05, 0) is 56.5 Å². The highest BCUT2D eigenvalue weighted by Crippen LogP contribution is 2.29. The van der Waals surface area contributed by atoms with Gasteiger partial charge in [-0.1, -0.05) is 42.1 Å². The van der Waals surface area contributed by atoms with Gasteiger partial charge in [-0.25, -0.2) is 0 Å². The Morgan fingerprint density at radius 3 is 2.48 bits per heavy atom. The van der Waals surface area contributed by atoms with Gasteiger partial charge in [0.15, 0.2) is 0 Å². The average molecular weight is 405 g/mol. The third-order valence-corrected chi connectivity index (χ3v) is 6.27. The molecule has 0 spiro atoms. The number of halogens is 3. The Morgan fingerprint density at radius 1 is 1.12 bits per heavy atom. The summed E-state index contributed by atoms with van der Waals surface area (Å²) in [7, 11) is 1.97. The number of hydrogen-bond acceptors (Lipinski definition) is 2. The van der Waals surface area contributed by atoms with Crippen LogP contribution < -0.4 is 12.4 Å². The molecule has 0 radical (unpaired) electrons. The molecule has 2 atom stereocenters. The van der Waals surface area contributed by atoms with E-state index < -0.39 is 0 Å². The monoisotopic (exact) mass is 403 g/mol. The number of carbonyl (C=O) groups is 1. The second-order valence-corrected chi connectivity index (χ2v) is 7.91. The molecule has 1 saturated carbocycles. The van der Waals surface area contributed by atoms with E-state index in [0.29, 0.717) is 28.5 Å². The molecule has 25 heavy (non-hydrogen) atoms. The molecule has 0 bridgehead atoms. The van der Waals surface area contributed by atoms with Crippen LogP contribution in [0.25, 0.3) is 0 Å². The van der Waals surface area contributed by atoms with Crippen LogP contribution in [0.5, 0.6) is 0 Å². The van der Waals surface area contributed by atoms with Gasteiger partial charge in [0.25, 0.3) is 0 Å². The van der Waals surface area contributed by atoms with Crippen LogP contribution in [0.15, 0.2) is 18.2 Å². The Bertz CT molecular complexity index is 590. The molecule has 0 N–H and O–H groups in total. The molecule has 1 amide bonds. The highest BCUT2D eigenvalue weighted by Gasteiger charge is 2.35. The van der Waals surface area contributed by atoms with E-state index in [1.165, 1.54) is 45.2 Å². The van der Waals surface area contributed by atoms with Crippen molar-refractivity contribution in [1.82, 2.24) is 9.80 Å². The summed E-state index contributed by atoms with van der Waals surface area (Å²) in [5, 5.41) is 1.04. The molecular formula is C19H26Cl3N2O-. The van der Waals surface area contributed by atoms with Crippen LogP contribution in [0.1, 0.15) is 44.1 Å². The molecule has 1 aromatic rings. The van der Waals surface area contributed by atoms with Gasteiger partial charge in [-0.2, -0.15) is 0 Å². The number of hydrogen-bond donors (Lipinski definition) is 0. The minimum absolute atomic E-state index is 0. The van der Waals surface area contributed by atoms with E-state index in [1.54, 1.807) is 12.1 Å². The Balaban J connectivity index is 0.00000225. The van der Waals surface area contributed by atoms with Crippen LogP contribution in [0, 0.1) is 0 Å². The first-order valence-electron chi connectivity index (χ1n) is 9.00. The van der Waals surface area contributed by atoms with Gasteiger partial charge in [0.05, 0.1) is 16.5 Å². The van der Waals surface area contributed by atoms with Gasteiger partial charge in [0.2, 0.25) is 5.91 Å². The van der Waals surface area contributed by atoms with Gasteiger partial charge in [-0.15, -0.1) is 0 Å². The zero-order chi connectivity index (χ0) is 17.1. The number of benzene rings is 1. The molecule has 1 heterocycles. The fourth-order valence-corrected chi connectivity index (χ4v) is 4.50. The molecule has 2 unspecified atom stereocenters. The topological polar surface area (TPSA) is 23.6 Å². The van der Waals surface area contributed by atoms with Crippen LogP contribution in [0.2, 0.25) is 10.0 Å². The van der Waals surface area contributed by atoms with Gasteiger partial charge in [0, 0.05) is 19.1 Å². The standard InChI is InChI=1S/C19H26Cl2N2O.ClH/c1-22(19(24)13-14-8-9-15(20)16(21)12-14)17-6-2-3-7-18(17)23-10-4-5-11-23;/h8-9,12,17-18H,2-7,10-11,13H2,1H3;1H/p-1. The van der Waals surface area contributed by atoms with Gasteiger partial charge < -0.3 is 17.3 Å². The molecule has 1 aliphatic heterocycles. The number of likely N-dealkylation sites (N-methyl/N-ethyl adjacent to an activating group) is 1. The first-order chi connectivity index (χ1) is 11.6. The summed E-state index contributed by atoms with van der Waals surface area (Å²) in [4.78, 5) is 17.4. The van der Waals surface area contributed by atoms with Crippen molar-refractivity contribution in [1.29, 1.82) is 0 Å². The second-order valence-electron chi connectivity index (χ2n) is 7.09. The maximum absolute atomic E-state index is 12.8. The van der Waals surface area contributed by atoms with Crippen LogP contribution in [-0.4, -0.2) is 47.9 Å². The van der Waals surface area contributed by atoms with Crippen molar-refractivity contribution in [2.24, 2.45) is 0 Å². The lowest BCUT2D eigenvalue weighted by molar-refractivity contribution is -0.133. The summed E-state index contributed by atoms with van der Waals surface area (Å²) in [5.74, 6) is 0.171. The van der Waals surface area contributed by atoms with Crippen molar-refractivity contribution >= 4 is 29.1 Å². The maximum Gasteiger partial charge on any atom is 0.227 e. The summed E-state index contributed by atoms with van der Waals surface area (Å²) in [6.07, 6.45) is 7.82. The van der Waals surface area contributed by atoms with Crippen molar-refractivity contribution in [3.8, 4) is 0 Å². The number of likely N-dealkylation sites (tertiary alicyclic amines) is 1. The third kappa shape index (κ3) is 5.03. The highest BCUT2D eigenvalue weighted by atomic mass is 35.5. The summed E-state index contributed by atoms with van der Waals surface area (Å²) in [6, 6.07) is 6.32. The molecule has 140 valence electrons. The predicted octanol–water partition coefficient (Wildman–Crippen LogP) is 1.41. The zero-order valence-corrected chi connectivity index (χ0v) is 17.0. The second kappa shape index (κ2) is 9.45. The first-order valence-corrected chi connectivity index (χ1v) is 9.75. The number of amides is 1. The van der Waals surface area contributed by atoms with E-state index in [1.807, 2.05) is 18.0 Å². The maximum atomic E-state index is 12.8. The minimum atomic E-state index is 0. The van der Waals surface area contributed by atoms with Crippen molar-refractivity contribution in [3.05, 3.63) is 33.8 Å². The molecule has 6 heteroatoms. The first kappa shape index (κ1) is 20.8. The van der Waals surface area contributed by atoms with Crippen molar-refractivity contribution in [2.45, 2.75) is 57.0 Å². The lowest BCUT2D eigenvalue weighted by Crippen LogP contribution is -3.00. The molecule has 1 aliphatic carbocycles. The van der Waals surface area contributed by atoms with Crippen molar-refractivity contribution < 1.29 is 17.2 Å². The SMILES string of the molecule is CN(C(=O)Cc1ccc(Cl)c(Cl)c1)C1CCCCC1N1CCCC1.[Cl-]. The molecule has 3 rings (SSSR count). The Hall–Kier alpha value is -0.480. The van der Waals surface area contributed by atoms with Crippen LogP contribution >= 0.6 is 23.2 Å². The lowest BCUT2D eigenvalue weighted by atomic mass is 9.88. The molecule has 2 fully saturated rings. The zero-order valence-electron chi connectivity index (χ0n) is 14.7. The van der Waals surface area contributed by atoms with E-state index >= 15 is 0 Å². The summed E-state index contributed by atoms with van der Waals surface area (Å²) in [6.45, 7) is 2.38. The molecule has 0 aromatic heterocycles. The number of nitrogens with zero attached hydrogens (tertiary/aromatic N) is 2. The van der Waals surface area contributed by atoms with E-state index in [9.17, 15) is 4.79 Å². The lowest BCUT2D eigenvalue weighted by Gasteiger charge is -2.42. The van der Waals surface area contributed by atoms with Gasteiger partial charge >= 0.3 is 0 Å². The molecular weight excluding hydrogens is 379 g/mol. The fourth-order valence-electron chi connectivity index (χ4n) is 4.18. The van der Waals surface area contributed by atoms with Gasteiger partial charge in [0.1, 0.15) is 0 Å². The molecule has 1 saturated heterocycles. The van der Waals surface area contributed by atoms with Gasteiger partial charge in [-0.3, -0.25) is 9.69 Å². The summed E-state index contributed by atoms with van der Waals surface area (Å²) >= 11 is 12.0. The Morgan fingerprint density at radius 2 is 1.80 bits per heavy atom. The largest absolute Gasteiger partial charge is 1.00 e. The van der Waals surface area contributed by atoms with E-state index in [-0.39, 0.29) is 18.3 Å². The normalized spacial score (nSPS) is 24.0. The number of rotatable bonds is 4. The fraction of sp³-hybridized carbons (Fsp3) is 0.632. The Labute approximate surface area is 167 Å². The smallest absolute Gasteiger partial charge is 0.227 e. The van der Waals surface area contributed by atoms with E-state index in [0.717, 1.165) is 12.0 Å². The number of carbonyl (C=O) groups excluding carboxylic acids is 1. The average Bonchev–Trinajstić information content (AvgIpc) is 3.12. The molecule has 2 aliphatic rings. The van der Waals surface area contributed by atoms with E-state index in [4.69, 9.17) is 23.2 Å². The predicted molar refractivity (Wildman–Crippen MR) is 99.8 cm³/mol. The van der Waals surface area contributed by atoms with Crippen molar-refractivity contribution in [3.63, 3.8) is 0 Å². The Kier molecular flexibility index (Phi) is 7.88. The molecule has 3 nitrogen and oxygen atoms in total. The van der Waals surface area contributed by atoms with Crippen LogP contribution in [0.3, 0.4) is 0 Å². The van der Waals surface area contributed by atoms with Crippen LogP contribution in [-0.2, 0) is 11.2 Å². The van der Waals surface area contributed by atoms with E-state index in [2.05, 4.69) is 4.90 Å². The van der Waals surface area contributed by atoms with Crippen LogP contribution in [0.4, 0.5) is 0 Å². The molecule has 1 aromatic carbocycles. The highest BCUT2D eigenvalue weighted by molar-refractivity contribution is 6.42. The third-order valence-electron chi connectivity index (χ3n) is 5.53. The minimum Gasteiger partial charge on any atom is -1.00 e.